The number of piperazine rings is 1. The number of amides is 2. The predicted octanol–water partition coefficient (Wildman–Crippen LogP) is 4.77. The Bertz CT molecular complexity index is 1530. The van der Waals surface area contributed by atoms with Crippen LogP contribution in [-0.4, -0.2) is 59.9 Å². The number of ether oxygens (including phenoxy) is 2. The predicted molar refractivity (Wildman–Crippen MR) is 146 cm³/mol. The Balaban J connectivity index is 1.42. The molecule has 1 unspecified atom stereocenters. The van der Waals surface area contributed by atoms with E-state index in [4.69, 9.17) is 21.1 Å². The van der Waals surface area contributed by atoms with Gasteiger partial charge in [0.15, 0.2) is 0 Å². The van der Waals surface area contributed by atoms with Crippen molar-refractivity contribution < 1.29 is 19.1 Å². The largest absolute Gasteiger partial charge is 0.497 e. The van der Waals surface area contributed by atoms with Gasteiger partial charge in [-0.05, 0) is 53.9 Å². The van der Waals surface area contributed by atoms with E-state index in [1.807, 2.05) is 60.7 Å². The van der Waals surface area contributed by atoms with E-state index in [0.717, 1.165) is 33.3 Å². The normalized spacial score (nSPS) is 18.9. The Morgan fingerprint density at radius 2 is 1.79 bits per heavy atom. The Morgan fingerprint density at radius 3 is 2.55 bits per heavy atom. The van der Waals surface area contributed by atoms with Gasteiger partial charge in [0, 0.05) is 40.1 Å². The van der Waals surface area contributed by atoms with Crippen molar-refractivity contribution in [2.75, 3.05) is 27.3 Å². The Labute approximate surface area is 225 Å². The number of aromatic amines is 1. The first-order valence-corrected chi connectivity index (χ1v) is 13.0. The van der Waals surface area contributed by atoms with Crippen molar-refractivity contribution in [3.63, 3.8) is 0 Å². The molecule has 6 rings (SSSR count). The van der Waals surface area contributed by atoms with Crippen LogP contribution in [-0.2, 0) is 22.4 Å². The molecule has 7 nitrogen and oxygen atoms in total. The number of H-pyrrole nitrogens is 1. The van der Waals surface area contributed by atoms with Gasteiger partial charge < -0.3 is 24.3 Å². The summed E-state index contributed by atoms with van der Waals surface area (Å²) in [4.78, 5) is 34.8. The summed E-state index contributed by atoms with van der Waals surface area (Å²) in [5.74, 6) is 1.15. The molecule has 0 saturated carbocycles. The molecule has 3 heterocycles. The molecule has 2 atom stereocenters. The fourth-order valence-corrected chi connectivity index (χ4v) is 5.93. The molecule has 194 valence electrons. The van der Waals surface area contributed by atoms with Crippen molar-refractivity contribution >= 4 is 34.3 Å². The van der Waals surface area contributed by atoms with Crippen LogP contribution in [0.3, 0.4) is 0 Å². The number of halogens is 1. The summed E-state index contributed by atoms with van der Waals surface area (Å²) in [5, 5.41) is 1.73. The molecule has 1 fully saturated rings. The molecular weight excluding hydrogens is 502 g/mol. The van der Waals surface area contributed by atoms with E-state index in [0.29, 0.717) is 35.9 Å². The summed E-state index contributed by atoms with van der Waals surface area (Å²) in [6, 6.07) is 20.1. The maximum Gasteiger partial charge on any atom is 0.246 e. The third kappa shape index (κ3) is 4.07. The van der Waals surface area contributed by atoms with E-state index in [-0.39, 0.29) is 18.4 Å². The number of carbonyl (C=O) groups is 2. The lowest BCUT2D eigenvalue weighted by molar-refractivity contribution is -0.158. The molecule has 0 radical (unpaired) electrons. The zero-order valence-electron chi connectivity index (χ0n) is 21.2. The smallest absolute Gasteiger partial charge is 0.246 e. The van der Waals surface area contributed by atoms with Crippen LogP contribution in [0.1, 0.15) is 28.4 Å². The zero-order valence-corrected chi connectivity index (χ0v) is 22.0. The second-order valence-corrected chi connectivity index (χ2v) is 10.2. The molecule has 2 amide bonds. The van der Waals surface area contributed by atoms with Crippen molar-refractivity contribution in [3.8, 4) is 11.5 Å². The van der Waals surface area contributed by atoms with Crippen molar-refractivity contribution in [2.45, 2.75) is 24.9 Å². The van der Waals surface area contributed by atoms with E-state index < -0.39 is 12.1 Å². The maximum absolute atomic E-state index is 13.9. The molecule has 2 aliphatic heterocycles. The Hall–Kier alpha value is -3.97. The first kappa shape index (κ1) is 24.4. The quantitative estimate of drug-likeness (QED) is 0.390. The number of hydrogen-bond acceptors (Lipinski definition) is 4. The fourth-order valence-electron chi connectivity index (χ4n) is 5.81. The number of methoxy groups -OCH3 is 2. The number of nitrogens with one attached hydrogen (secondary N) is 1. The van der Waals surface area contributed by atoms with Crippen LogP contribution >= 0.6 is 11.6 Å². The number of aromatic nitrogens is 1. The van der Waals surface area contributed by atoms with E-state index in [2.05, 4.69) is 11.1 Å². The molecule has 3 aromatic carbocycles. The number of benzene rings is 3. The Morgan fingerprint density at radius 1 is 1.00 bits per heavy atom. The standard InChI is InChI=1S/C30H28ClN3O4/c1-37-20-11-12-26(38-2)23(15-20)29-28-22(21-5-3-4-6-24(21)32-28)16-25-30(36)33(17-27(35)34(25)29)14-13-18-7-9-19(31)10-8-18/h3-12,15,25,29,32H,13-14,16-17H2,1-2H3/t25-,29?/m0/s1. The van der Waals surface area contributed by atoms with Crippen LogP contribution in [0.2, 0.25) is 5.02 Å². The molecule has 4 aromatic rings. The van der Waals surface area contributed by atoms with Gasteiger partial charge in [0.05, 0.1) is 20.8 Å². The van der Waals surface area contributed by atoms with Crippen LogP contribution in [0, 0.1) is 0 Å². The van der Waals surface area contributed by atoms with Gasteiger partial charge in [0.2, 0.25) is 11.8 Å². The molecule has 0 spiro atoms. The number of hydrogen-bond donors (Lipinski definition) is 1. The summed E-state index contributed by atoms with van der Waals surface area (Å²) < 4.78 is 11.3. The lowest BCUT2D eigenvalue weighted by atomic mass is 9.85. The third-order valence-corrected chi connectivity index (χ3v) is 7.91. The van der Waals surface area contributed by atoms with E-state index in [1.165, 1.54) is 0 Å². The first-order chi connectivity index (χ1) is 18.5. The summed E-state index contributed by atoms with van der Waals surface area (Å²) in [6.07, 6.45) is 1.10. The van der Waals surface area contributed by atoms with E-state index in [9.17, 15) is 9.59 Å². The van der Waals surface area contributed by atoms with Crippen LogP contribution in [0.4, 0.5) is 0 Å². The first-order valence-electron chi connectivity index (χ1n) is 12.6. The van der Waals surface area contributed by atoms with E-state index >= 15 is 0 Å². The second-order valence-electron chi connectivity index (χ2n) is 9.73. The van der Waals surface area contributed by atoms with Gasteiger partial charge in [0.1, 0.15) is 23.6 Å². The summed E-state index contributed by atoms with van der Waals surface area (Å²) in [5.41, 5.74) is 4.78. The third-order valence-electron chi connectivity index (χ3n) is 7.66. The minimum Gasteiger partial charge on any atom is -0.497 e. The average molecular weight is 530 g/mol. The number of nitrogens with zero attached hydrogens (tertiary/aromatic N) is 2. The summed E-state index contributed by atoms with van der Waals surface area (Å²) in [7, 11) is 3.22. The fraction of sp³-hybridized carbons (Fsp3) is 0.267. The number of rotatable bonds is 6. The number of para-hydroxylation sites is 1. The van der Waals surface area contributed by atoms with Gasteiger partial charge in [0.25, 0.3) is 0 Å². The highest BCUT2D eigenvalue weighted by Gasteiger charge is 2.48. The minimum absolute atomic E-state index is 0.0290. The van der Waals surface area contributed by atoms with E-state index in [1.54, 1.807) is 24.0 Å². The molecule has 1 aromatic heterocycles. The van der Waals surface area contributed by atoms with Crippen molar-refractivity contribution in [1.29, 1.82) is 0 Å². The van der Waals surface area contributed by atoms with Crippen molar-refractivity contribution in [3.05, 3.63) is 94.1 Å². The monoisotopic (exact) mass is 529 g/mol. The van der Waals surface area contributed by atoms with Crippen LogP contribution in [0.5, 0.6) is 11.5 Å². The highest BCUT2D eigenvalue weighted by molar-refractivity contribution is 6.30. The van der Waals surface area contributed by atoms with Gasteiger partial charge in [-0.25, -0.2) is 0 Å². The van der Waals surface area contributed by atoms with Crippen molar-refractivity contribution in [2.24, 2.45) is 0 Å². The number of carbonyl (C=O) groups excluding carboxylic acids is 2. The average Bonchev–Trinajstić information content (AvgIpc) is 3.32. The SMILES string of the molecule is COc1ccc(OC)c(C2c3[nH]c4ccccc4c3C[C@H]3C(=O)N(CCc4ccc(Cl)cc4)CC(=O)N23)c1. The molecular formula is C30H28ClN3O4. The summed E-state index contributed by atoms with van der Waals surface area (Å²) in [6.45, 7) is 0.492. The lowest BCUT2D eigenvalue weighted by Crippen LogP contribution is -2.63. The number of fused-ring (bicyclic) bond motifs is 4. The molecule has 0 bridgehead atoms. The molecule has 0 aliphatic carbocycles. The van der Waals surface area contributed by atoms with Gasteiger partial charge >= 0.3 is 0 Å². The van der Waals surface area contributed by atoms with Gasteiger partial charge in [-0.3, -0.25) is 9.59 Å². The van der Waals surface area contributed by atoms with Gasteiger partial charge in [-0.2, -0.15) is 0 Å². The zero-order chi connectivity index (χ0) is 26.4. The van der Waals surface area contributed by atoms with Crippen molar-refractivity contribution in [1.82, 2.24) is 14.8 Å². The molecule has 8 heteroatoms. The molecule has 2 aliphatic rings. The van der Waals surface area contributed by atoms with Crippen LogP contribution in [0.25, 0.3) is 10.9 Å². The van der Waals surface area contributed by atoms with Crippen LogP contribution in [0.15, 0.2) is 66.7 Å². The minimum atomic E-state index is -0.617. The lowest BCUT2D eigenvalue weighted by Gasteiger charge is -2.47. The maximum atomic E-state index is 13.9. The van der Waals surface area contributed by atoms with Gasteiger partial charge in [-0.15, -0.1) is 0 Å². The summed E-state index contributed by atoms with van der Waals surface area (Å²) >= 11 is 6.02. The highest BCUT2D eigenvalue weighted by atomic mass is 35.5. The highest BCUT2D eigenvalue weighted by Crippen LogP contribution is 2.45. The Kier molecular flexibility index (Phi) is 6.24. The molecule has 1 saturated heterocycles. The van der Waals surface area contributed by atoms with Crippen LogP contribution < -0.4 is 9.47 Å². The van der Waals surface area contributed by atoms with Gasteiger partial charge in [-0.1, -0.05) is 41.9 Å². The second kappa shape index (κ2) is 9.72. The topological polar surface area (TPSA) is 74.9 Å². The molecule has 38 heavy (non-hydrogen) atoms. The molecule has 1 N–H and O–H groups in total.